The predicted octanol–water partition coefficient (Wildman–Crippen LogP) is 2.39. The Morgan fingerprint density at radius 2 is 1.59 bits per heavy atom. The summed E-state index contributed by atoms with van der Waals surface area (Å²) in [6, 6.07) is 14.4. The fourth-order valence-electron chi connectivity index (χ4n) is 3.23. The van der Waals surface area contributed by atoms with Crippen LogP contribution in [0.5, 0.6) is 0 Å². The van der Waals surface area contributed by atoms with Crippen LogP contribution < -0.4 is 16.1 Å². The van der Waals surface area contributed by atoms with Crippen molar-refractivity contribution in [3.8, 4) is 11.8 Å². The molecule has 2 aromatic rings. The van der Waals surface area contributed by atoms with Crippen molar-refractivity contribution in [2.75, 3.05) is 0 Å². The molecule has 0 aromatic heterocycles. The molecule has 166 valence electrons. The molecule has 0 bridgehead atoms. The van der Waals surface area contributed by atoms with Gasteiger partial charge in [0, 0.05) is 23.1 Å². The van der Waals surface area contributed by atoms with Crippen LogP contribution in [0.4, 0.5) is 0 Å². The smallest absolute Gasteiger partial charge is 0.268 e. The van der Waals surface area contributed by atoms with Gasteiger partial charge in [-0.2, -0.15) is 0 Å². The minimum Gasteiger partial charge on any atom is -0.351 e. The Morgan fingerprint density at radius 3 is 2.19 bits per heavy atom. The first kappa shape index (κ1) is 23.0. The molecule has 7 nitrogen and oxygen atoms in total. The molecule has 7 heteroatoms. The summed E-state index contributed by atoms with van der Waals surface area (Å²) >= 11 is 0. The molecule has 4 N–H and O–H groups in total. The van der Waals surface area contributed by atoms with E-state index in [9.17, 15) is 14.4 Å². The Balaban J connectivity index is 1.60. The third-order valence-electron chi connectivity index (χ3n) is 5.32. The molecule has 2 atom stereocenters. The van der Waals surface area contributed by atoms with Crippen LogP contribution in [-0.4, -0.2) is 35.0 Å². The van der Waals surface area contributed by atoms with Crippen molar-refractivity contribution in [3.05, 3.63) is 71.3 Å². The molecule has 3 amide bonds. The number of nitrogens with one attached hydrogen (secondary N) is 3. The Bertz CT molecular complexity index is 1000. The van der Waals surface area contributed by atoms with E-state index in [1.807, 2.05) is 30.3 Å². The molecule has 0 spiro atoms. The van der Waals surface area contributed by atoms with Crippen LogP contribution in [0.15, 0.2) is 54.6 Å². The van der Waals surface area contributed by atoms with Gasteiger partial charge >= 0.3 is 0 Å². The fourth-order valence-corrected chi connectivity index (χ4v) is 3.23. The predicted molar refractivity (Wildman–Crippen MR) is 120 cm³/mol. The normalized spacial score (nSPS) is 14.3. The van der Waals surface area contributed by atoms with Crippen LogP contribution in [0, 0.1) is 17.8 Å². The van der Waals surface area contributed by atoms with Gasteiger partial charge in [0.25, 0.3) is 11.8 Å². The summed E-state index contributed by atoms with van der Waals surface area (Å²) in [5.74, 6) is 5.21. The molecule has 1 aliphatic carbocycles. The molecule has 32 heavy (non-hydrogen) atoms. The third kappa shape index (κ3) is 6.96. The third-order valence-corrected chi connectivity index (χ3v) is 5.32. The lowest BCUT2D eigenvalue weighted by molar-refractivity contribution is -0.132. The number of hydrogen-bond acceptors (Lipinski definition) is 4. The molecule has 2 aromatic carbocycles. The van der Waals surface area contributed by atoms with Gasteiger partial charge in [0.05, 0.1) is 6.04 Å². The summed E-state index contributed by atoms with van der Waals surface area (Å²) in [6.45, 7) is 1.61. The number of hydrogen-bond donors (Lipinski definition) is 4. The van der Waals surface area contributed by atoms with Crippen LogP contribution in [0.2, 0.25) is 0 Å². The molecule has 0 unspecified atom stereocenters. The summed E-state index contributed by atoms with van der Waals surface area (Å²) < 4.78 is 0. The minimum atomic E-state index is -1.13. The van der Waals surface area contributed by atoms with Crippen molar-refractivity contribution < 1.29 is 19.6 Å². The molecular formula is C25H27N3O4. The monoisotopic (exact) mass is 433 g/mol. The summed E-state index contributed by atoms with van der Waals surface area (Å²) in [4.78, 5) is 36.9. The van der Waals surface area contributed by atoms with E-state index in [4.69, 9.17) is 5.21 Å². The van der Waals surface area contributed by atoms with Crippen molar-refractivity contribution in [3.63, 3.8) is 0 Å². The molecule has 0 radical (unpaired) electrons. The van der Waals surface area contributed by atoms with Gasteiger partial charge in [-0.3, -0.25) is 19.6 Å². The number of carbonyl (C=O) groups is 3. The maximum absolute atomic E-state index is 12.7. The van der Waals surface area contributed by atoms with Crippen LogP contribution in [0.3, 0.4) is 0 Å². The van der Waals surface area contributed by atoms with Crippen molar-refractivity contribution in [2.45, 2.75) is 44.7 Å². The highest BCUT2D eigenvalue weighted by atomic mass is 16.5. The number of carbonyl (C=O) groups excluding carboxylic acids is 3. The first-order valence-corrected chi connectivity index (χ1v) is 10.7. The van der Waals surface area contributed by atoms with Crippen molar-refractivity contribution in [1.82, 2.24) is 16.1 Å². The van der Waals surface area contributed by atoms with Gasteiger partial charge in [-0.25, -0.2) is 5.48 Å². The quantitative estimate of drug-likeness (QED) is 0.291. The van der Waals surface area contributed by atoms with Crippen LogP contribution >= 0.6 is 0 Å². The number of benzene rings is 2. The Labute approximate surface area is 187 Å². The number of hydroxylamine groups is 1. The van der Waals surface area contributed by atoms with E-state index in [2.05, 4.69) is 22.5 Å². The van der Waals surface area contributed by atoms with Gasteiger partial charge in [-0.15, -0.1) is 0 Å². The highest BCUT2D eigenvalue weighted by Crippen LogP contribution is 2.33. The Kier molecular flexibility index (Phi) is 8.01. The van der Waals surface area contributed by atoms with E-state index in [1.165, 1.54) is 0 Å². The van der Waals surface area contributed by atoms with Crippen molar-refractivity contribution in [1.29, 1.82) is 0 Å². The van der Waals surface area contributed by atoms with Crippen molar-refractivity contribution >= 4 is 17.7 Å². The molecule has 1 saturated carbocycles. The lowest BCUT2D eigenvalue weighted by atomic mass is 10.1. The minimum absolute atomic E-state index is 0.185. The fraction of sp³-hybridized carbons (Fsp3) is 0.320. The molecular weight excluding hydrogens is 406 g/mol. The zero-order valence-corrected chi connectivity index (χ0v) is 17.9. The first-order valence-electron chi connectivity index (χ1n) is 10.7. The van der Waals surface area contributed by atoms with Gasteiger partial charge in [0.1, 0.15) is 6.04 Å². The molecule has 1 fully saturated rings. The zero-order valence-electron chi connectivity index (χ0n) is 17.9. The van der Waals surface area contributed by atoms with Crippen LogP contribution in [0.1, 0.15) is 54.1 Å². The second kappa shape index (κ2) is 11.1. The highest BCUT2D eigenvalue weighted by Gasteiger charge is 2.29. The first-order chi connectivity index (χ1) is 15.5. The van der Waals surface area contributed by atoms with E-state index in [0.717, 1.165) is 30.4 Å². The zero-order chi connectivity index (χ0) is 22.9. The van der Waals surface area contributed by atoms with Gasteiger partial charge in [-0.05, 0) is 55.7 Å². The number of rotatable bonds is 8. The molecule has 0 heterocycles. The average Bonchev–Trinajstić information content (AvgIpc) is 3.65. The topological polar surface area (TPSA) is 108 Å². The SMILES string of the molecule is C[C@@H](NC(=O)CCC1CC1)[C@H](NC(=O)c1ccc(C#Cc2ccccc2)cc1)C(=O)NO. The lowest BCUT2D eigenvalue weighted by Crippen LogP contribution is -2.57. The lowest BCUT2D eigenvalue weighted by Gasteiger charge is -2.24. The summed E-state index contributed by atoms with van der Waals surface area (Å²) in [6.07, 6.45) is 3.51. The van der Waals surface area contributed by atoms with E-state index >= 15 is 0 Å². The highest BCUT2D eigenvalue weighted by molar-refractivity contribution is 5.97. The summed E-state index contributed by atoms with van der Waals surface area (Å²) in [5, 5.41) is 14.4. The Morgan fingerprint density at radius 1 is 0.969 bits per heavy atom. The van der Waals surface area contributed by atoms with Gasteiger partial charge in [-0.1, -0.05) is 42.9 Å². The second-order valence-corrected chi connectivity index (χ2v) is 7.96. The molecule has 0 saturated heterocycles. The second-order valence-electron chi connectivity index (χ2n) is 7.96. The number of amides is 3. The van der Waals surface area contributed by atoms with E-state index < -0.39 is 23.9 Å². The summed E-state index contributed by atoms with van der Waals surface area (Å²) in [7, 11) is 0. The van der Waals surface area contributed by atoms with Crippen LogP contribution in [-0.2, 0) is 9.59 Å². The summed E-state index contributed by atoms with van der Waals surface area (Å²) in [5.41, 5.74) is 3.52. The standard InChI is InChI=1S/C25H27N3O4/c1-17(26-22(29)16-13-19-9-10-19)23(25(31)28-32)27-24(30)21-14-11-20(12-15-21)8-7-18-5-3-2-4-6-18/h2-6,11-12,14-15,17,19,23,32H,9-10,13,16H2,1H3,(H,26,29)(H,27,30)(H,28,31)/t17-,23+/m1/s1. The largest absolute Gasteiger partial charge is 0.351 e. The maximum atomic E-state index is 12.7. The van der Waals surface area contributed by atoms with Gasteiger partial charge in [0.15, 0.2) is 0 Å². The maximum Gasteiger partial charge on any atom is 0.268 e. The molecule has 3 rings (SSSR count). The van der Waals surface area contributed by atoms with Crippen molar-refractivity contribution in [2.24, 2.45) is 5.92 Å². The average molecular weight is 434 g/mol. The van der Waals surface area contributed by atoms with E-state index in [-0.39, 0.29) is 5.91 Å². The van der Waals surface area contributed by atoms with E-state index in [1.54, 1.807) is 36.7 Å². The van der Waals surface area contributed by atoms with Gasteiger partial charge in [0.2, 0.25) is 5.91 Å². The molecule has 0 aliphatic heterocycles. The van der Waals surface area contributed by atoms with Gasteiger partial charge < -0.3 is 10.6 Å². The molecule has 1 aliphatic rings. The van der Waals surface area contributed by atoms with Crippen LogP contribution in [0.25, 0.3) is 0 Å². The Hall–Kier alpha value is -3.63. The van der Waals surface area contributed by atoms with E-state index in [0.29, 0.717) is 17.9 Å².